The smallest absolute Gasteiger partial charge is 0.255 e. The molecule has 3 rings (SSSR count). The molecule has 1 aliphatic rings. The van der Waals surface area contributed by atoms with E-state index in [0.717, 1.165) is 12.8 Å². The van der Waals surface area contributed by atoms with Crippen LogP contribution < -0.4 is 16.0 Å². The first kappa shape index (κ1) is 25.0. The van der Waals surface area contributed by atoms with Gasteiger partial charge >= 0.3 is 0 Å². The number of unbranched alkanes of at least 4 members (excludes halogenated alkanes) is 1. The van der Waals surface area contributed by atoms with E-state index in [2.05, 4.69) is 22.9 Å². The summed E-state index contributed by atoms with van der Waals surface area (Å²) in [6.07, 6.45) is 2.15. The second kappa shape index (κ2) is 11.4. The molecule has 0 saturated carbocycles. The molecule has 2 aromatic rings. The number of amides is 4. The number of carbonyl (C=O) groups excluding carboxylic acids is 4. The van der Waals surface area contributed by atoms with Crippen LogP contribution in [0.25, 0.3) is 0 Å². The Morgan fingerprint density at radius 1 is 1.00 bits per heavy atom. The summed E-state index contributed by atoms with van der Waals surface area (Å²) in [6.45, 7) is 6.93. The van der Waals surface area contributed by atoms with E-state index in [0.29, 0.717) is 35.6 Å². The van der Waals surface area contributed by atoms with E-state index in [-0.39, 0.29) is 42.0 Å². The molecular formula is C26H32N4O4. The Bertz CT molecular complexity index is 1050. The van der Waals surface area contributed by atoms with Gasteiger partial charge in [0.05, 0.1) is 17.2 Å². The molecule has 8 nitrogen and oxygen atoms in total. The van der Waals surface area contributed by atoms with Crippen molar-refractivity contribution in [1.82, 2.24) is 10.2 Å². The van der Waals surface area contributed by atoms with Crippen LogP contribution in [-0.4, -0.2) is 47.7 Å². The van der Waals surface area contributed by atoms with Gasteiger partial charge in [-0.2, -0.15) is 0 Å². The third kappa shape index (κ3) is 6.43. The Labute approximate surface area is 200 Å². The summed E-state index contributed by atoms with van der Waals surface area (Å²) >= 11 is 0. The Kier molecular flexibility index (Phi) is 8.40. The summed E-state index contributed by atoms with van der Waals surface area (Å²) in [5.74, 6) is -1.18. The maximum atomic E-state index is 12.7. The van der Waals surface area contributed by atoms with Crippen molar-refractivity contribution in [1.29, 1.82) is 0 Å². The molecule has 8 heteroatoms. The molecule has 2 aromatic carbocycles. The highest BCUT2D eigenvalue weighted by Gasteiger charge is 2.33. The van der Waals surface area contributed by atoms with Crippen LogP contribution in [0, 0.1) is 5.92 Å². The van der Waals surface area contributed by atoms with E-state index in [1.165, 1.54) is 0 Å². The molecule has 1 fully saturated rings. The van der Waals surface area contributed by atoms with Gasteiger partial charge in [-0.05, 0) is 56.7 Å². The molecule has 3 N–H and O–H groups in total. The van der Waals surface area contributed by atoms with E-state index >= 15 is 0 Å². The largest absolute Gasteiger partial charge is 0.350 e. The molecular weight excluding hydrogens is 432 g/mol. The minimum atomic E-state index is -0.374. The summed E-state index contributed by atoms with van der Waals surface area (Å²) in [7, 11) is 0. The van der Waals surface area contributed by atoms with Crippen molar-refractivity contribution in [2.75, 3.05) is 23.7 Å². The van der Waals surface area contributed by atoms with E-state index in [1.807, 2.05) is 13.8 Å². The second-order valence-electron chi connectivity index (χ2n) is 8.79. The van der Waals surface area contributed by atoms with E-state index in [9.17, 15) is 19.2 Å². The second-order valence-corrected chi connectivity index (χ2v) is 8.79. The molecule has 34 heavy (non-hydrogen) atoms. The predicted octanol–water partition coefficient (Wildman–Crippen LogP) is 3.66. The lowest BCUT2D eigenvalue weighted by Crippen LogP contribution is -2.31. The SMILES string of the molecule is CCCCN1C[C@H](C(=O)Nc2ccc(C(=O)Nc3ccccc3C(=O)NC(C)C)cc2)CC1=O. The molecule has 1 aliphatic heterocycles. The number of likely N-dealkylation sites (tertiary alicyclic amines) is 1. The average molecular weight is 465 g/mol. The Morgan fingerprint density at radius 2 is 1.71 bits per heavy atom. The summed E-state index contributed by atoms with van der Waals surface area (Å²) in [4.78, 5) is 51.6. The number of rotatable bonds is 9. The third-order valence-electron chi connectivity index (χ3n) is 5.62. The maximum Gasteiger partial charge on any atom is 0.255 e. The van der Waals surface area contributed by atoms with Crippen molar-refractivity contribution in [2.45, 2.75) is 46.1 Å². The van der Waals surface area contributed by atoms with Crippen LogP contribution in [0.4, 0.5) is 11.4 Å². The topological polar surface area (TPSA) is 108 Å². The lowest BCUT2D eigenvalue weighted by atomic mass is 10.1. The monoisotopic (exact) mass is 464 g/mol. The normalized spacial score (nSPS) is 15.4. The van der Waals surface area contributed by atoms with Crippen LogP contribution in [0.15, 0.2) is 48.5 Å². The average Bonchev–Trinajstić information content (AvgIpc) is 3.18. The quantitative estimate of drug-likeness (QED) is 0.526. The summed E-state index contributed by atoms with van der Waals surface area (Å²) in [6, 6.07) is 13.3. The first-order valence-electron chi connectivity index (χ1n) is 11.7. The molecule has 0 aliphatic carbocycles. The zero-order valence-electron chi connectivity index (χ0n) is 19.9. The fraction of sp³-hybridized carbons (Fsp3) is 0.385. The van der Waals surface area contributed by atoms with Crippen molar-refractivity contribution < 1.29 is 19.2 Å². The lowest BCUT2D eigenvalue weighted by Gasteiger charge is -2.16. The van der Waals surface area contributed by atoms with E-state index in [4.69, 9.17) is 0 Å². The van der Waals surface area contributed by atoms with Gasteiger partial charge in [0, 0.05) is 36.8 Å². The van der Waals surface area contributed by atoms with E-state index < -0.39 is 0 Å². The standard InChI is InChI=1S/C26H32N4O4/c1-4-5-14-30-16-19(15-23(30)31)25(33)28-20-12-10-18(11-13-20)24(32)29-22-9-7-6-8-21(22)26(34)27-17(2)3/h6-13,17,19H,4-5,14-16H2,1-3H3,(H,27,34)(H,28,33)(H,29,32)/t19-/m1/s1. The molecule has 0 bridgehead atoms. The number of carbonyl (C=O) groups is 4. The number of benzene rings is 2. The zero-order chi connectivity index (χ0) is 24.7. The van der Waals surface area contributed by atoms with Gasteiger partial charge in [-0.1, -0.05) is 25.5 Å². The minimum absolute atomic E-state index is 0.0166. The van der Waals surface area contributed by atoms with Crippen molar-refractivity contribution in [3.63, 3.8) is 0 Å². The van der Waals surface area contributed by atoms with Crippen LogP contribution in [0.1, 0.15) is 60.7 Å². The van der Waals surface area contributed by atoms with Crippen LogP contribution in [0.5, 0.6) is 0 Å². The Hall–Kier alpha value is -3.68. The molecule has 1 heterocycles. The molecule has 0 radical (unpaired) electrons. The van der Waals surface area contributed by atoms with Crippen molar-refractivity contribution >= 4 is 35.0 Å². The highest BCUT2D eigenvalue weighted by atomic mass is 16.2. The summed E-state index contributed by atoms with van der Waals surface area (Å²) in [5, 5.41) is 8.44. The number of nitrogens with one attached hydrogen (secondary N) is 3. The van der Waals surface area contributed by atoms with Crippen molar-refractivity contribution in [3.8, 4) is 0 Å². The van der Waals surface area contributed by atoms with Gasteiger partial charge < -0.3 is 20.9 Å². The van der Waals surface area contributed by atoms with Gasteiger partial charge in [0.15, 0.2) is 0 Å². The first-order chi connectivity index (χ1) is 16.3. The molecule has 0 aromatic heterocycles. The predicted molar refractivity (Wildman–Crippen MR) is 132 cm³/mol. The number of anilines is 2. The molecule has 4 amide bonds. The van der Waals surface area contributed by atoms with Crippen LogP contribution in [0.3, 0.4) is 0 Å². The van der Waals surface area contributed by atoms with Crippen LogP contribution in [0.2, 0.25) is 0 Å². The number of nitrogens with zero attached hydrogens (tertiary/aromatic N) is 1. The van der Waals surface area contributed by atoms with Gasteiger partial charge in [0.1, 0.15) is 0 Å². The number of hydrogen-bond donors (Lipinski definition) is 3. The van der Waals surface area contributed by atoms with Gasteiger partial charge in [-0.3, -0.25) is 19.2 Å². The summed E-state index contributed by atoms with van der Waals surface area (Å²) in [5.41, 5.74) is 1.74. The van der Waals surface area contributed by atoms with Crippen molar-refractivity contribution in [3.05, 3.63) is 59.7 Å². The van der Waals surface area contributed by atoms with Gasteiger partial charge in [0.2, 0.25) is 11.8 Å². The Morgan fingerprint density at radius 3 is 2.38 bits per heavy atom. The van der Waals surface area contributed by atoms with Crippen molar-refractivity contribution in [2.24, 2.45) is 5.92 Å². The Balaban J connectivity index is 1.60. The fourth-order valence-corrected chi connectivity index (χ4v) is 3.79. The number of hydrogen-bond acceptors (Lipinski definition) is 4. The van der Waals surface area contributed by atoms with E-state index in [1.54, 1.807) is 53.4 Å². The van der Waals surface area contributed by atoms with Gasteiger partial charge in [0.25, 0.3) is 11.8 Å². The fourth-order valence-electron chi connectivity index (χ4n) is 3.79. The maximum absolute atomic E-state index is 12.7. The van der Waals surface area contributed by atoms with Crippen LogP contribution in [-0.2, 0) is 9.59 Å². The van der Waals surface area contributed by atoms with Crippen LogP contribution >= 0.6 is 0 Å². The third-order valence-corrected chi connectivity index (χ3v) is 5.62. The molecule has 0 unspecified atom stereocenters. The highest BCUT2D eigenvalue weighted by molar-refractivity contribution is 6.09. The van der Waals surface area contributed by atoms with Gasteiger partial charge in [-0.15, -0.1) is 0 Å². The first-order valence-corrected chi connectivity index (χ1v) is 11.7. The highest BCUT2D eigenvalue weighted by Crippen LogP contribution is 2.21. The molecule has 180 valence electrons. The number of para-hydroxylation sites is 1. The molecule has 1 atom stereocenters. The molecule has 1 saturated heterocycles. The zero-order valence-corrected chi connectivity index (χ0v) is 19.9. The lowest BCUT2D eigenvalue weighted by molar-refractivity contribution is -0.128. The molecule has 0 spiro atoms. The minimum Gasteiger partial charge on any atom is -0.350 e. The van der Waals surface area contributed by atoms with Gasteiger partial charge in [-0.25, -0.2) is 0 Å². The summed E-state index contributed by atoms with van der Waals surface area (Å²) < 4.78 is 0.